The van der Waals surface area contributed by atoms with Crippen LogP contribution in [0.5, 0.6) is 0 Å². The molecule has 0 fully saturated rings. The van der Waals surface area contributed by atoms with Crippen molar-refractivity contribution in [2.75, 3.05) is 11.5 Å². The minimum absolute atomic E-state index is 0.0279. The maximum Gasteiger partial charge on any atom is 0.149 e. The zero-order valence-electron chi connectivity index (χ0n) is 10.8. The fourth-order valence-electron chi connectivity index (χ4n) is 1.52. The Balaban J connectivity index is 2.42. The maximum atomic E-state index is 13.3. The molecule has 0 spiro atoms. The summed E-state index contributed by atoms with van der Waals surface area (Å²) < 4.78 is 24.9. The number of rotatable bonds is 7. The van der Waals surface area contributed by atoms with E-state index in [9.17, 15) is 13.4 Å². The van der Waals surface area contributed by atoms with Gasteiger partial charge < -0.3 is 0 Å². The Morgan fingerprint density at radius 2 is 2.00 bits per heavy atom. The standard InChI is InChI=1S/C14H19FO2S/c1-11(2)7-8-18(17)10-13(16)9-12-5-3-4-6-14(12)15/h3-6,11H,7-10H2,1-2H3. The molecule has 1 rings (SSSR count). The Bertz CT molecular complexity index is 430. The molecule has 0 amide bonds. The van der Waals surface area contributed by atoms with E-state index in [0.717, 1.165) is 6.42 Å². The molecule has 0 aliphatic rings. The number of benzene rings is 1. The lowest BCUT2D eigenvalue weighted by atomic mass is 10.1. The summed E-state index contributed by atoms with van der Waals surface area (Å²) in [6.45, 7) is 4.11. The minimum atomic E-state index is -1.12. The van der Waals surface area contributed by atoms with Crippen molar-refractivity contribution in [2.24, 2.45) is 5.92 Å². The molecule has 2 nitrogen and oxygen atoms in total. The Kier molecular flexibility index (Phi) is 6.19. The number of halogens is 1. The third-order valence-electron chi connectivity index (χ3n) is 2.59. The summed E-state index contributed by atoms with van der Waals surface area (Å²) in [4.78, 5) is 11.7. The normalized spacial score (nSPS) is 12.7. The fourth-order valence-corrected chi connectivity index (χ4v) is 2.86. The monoisotopic (exact) mass is 270 g/mol. The van der Waals surface area contributed by atoms with Crippen LogP contribution in [0.15, 0.2) is 24.3 Å². The van der Waals surface area contributed by atoms with Gasteiger partial charge in [0.25, 0.3) is 0 Å². The number of ketones is 1. The number of hydrogen-bond donors (Lipinski definition) is 0. The molecule has 0 aliphatic carbocycles. The minimum Gasteiger partial charge on any atom is -0.298 e. The predicted molar refractivity (Wildman–Crippen MR) is 72.4 cm³/mol. The van der Waals surface area contributed by atoms with Gasteiger partial charge in [-0.25, -0.2) is 4.39 Å². The molecule has 1 aromatic carbocycles. The highest BCUT2D eigenvalue weighted by atomic mass is 32.2. The lowest BCUT2D eigenvalue weighted by Crippen LogP contribution is -2.16. The van der Waals surface area contributed by atoms with Gasteiger partial charge in [-0.2, -0.15) is 0 Å². The van der Waals surface area contributed by atoms with Gasteiger partial charge in [-0.1, -0.05) is 32.0 Å². The molecule has 0 saturated carbocycles. The first-order chi connectivity index (χ1) is 8.49. The highest BCUT2D eigenvalue weighted by Crippen LogP contribution is 2.08. The predicted octanol–water partition coefficient (Wildman–Crippen LogP) is 2.73. The molecule has 4 heteroatoms. The SMILES string of the molecule is CC(C)CCS(=O)CC(=O)Cc1ccccc1F. The summed E-state index contributed by atoms with van der Waals surface area (Å²) in [5, 5.41) is 0. The van der Waals surface area contributed by atoms with E-state index in [0.29, 0.717) is 17.2 Å². The van der Waals surface area contributed by atoms with E-state index < -0.39 is 10.8 Å². The fraction of sp³-hybridized carbons (Fsp3) is 0.500. The van der Waals surface area contributed by atoms with E-state index in [1.165, 1.54) is 6.07 Å². The van der Waals surface area contributed by atoms with E-state index in [1.807, 2.05) is 0 Å². The largest absolute Gasteiger partial charge is 0.298 e. The number of hydrogen-bond acceptors (Lipinski definition) is 2. The molecule has 1 atom stereocenters. The van der Waals surface area contributed by atoms with Gasteiger partial charge in [0, 0.05) is 23.0 Å². The van der Waals surface area contributed by atoms with Crippen molar-refractivity contribution in [3.05, 3.63) is 35.6 Å². The molecule has 0 aromatic heterocycles. The van der Waals surface area contributed by atoms with Crippen molar-refractivity contribution < 1.29 is 13.4 Å². The Morgan fingerprint density at radius 3 is 2.61 bits per heavy atom. The Morgan fingerprint density at radius 1 is 1.33 bits per heavy atom. The van der Waals surface area contributed by atoms with Crippen molar-refractivity contribution in [3.63, 3.8) is 0 Å². The molecule has 0 saturated heterocycles. The molecule has 100 valence electrons. The van der Waals surface area contributed by atoms with Crippen LogP contribution in [0.3, 0.4) is 0 Å². The second-order valence-electron chi connectivity index (χ2n) is 4.78. The number of Topliss-reactive ketones (excluding diaryl/α,β-unsaturated/α-hetero) is 1. The molecular weight excluding hydrogens is 251 g/mol. The van der Waals surface area contributed by atoms with Crippen LogP contribution in [0, 0.1) is 11.7 Å². The molecule has 0 aliphatic heterocycles. The van der Waals surface area contributed by atoms with E-state index in [-0.39, 0.29) is 23.8 Å². The van der Waals surface area contributed by atoms with Gasteiger partial charge >= 0.3 is 0 Å². The van der Waals surface area contributed by atoms with E-state index >= 15 is 0 Å². The number of carbonyl (C=O) groups is 1. The summed E-state index contributed by atoms with van der Waals surface area (Å²) in [6, 6.07) is 6.20. The van der Waals surface area contributed by atoms with Gasteiger partial charge in [-0.3, -0.25) is 9.00 Å². The molecule has 0 N–H and O–H groups in total. The first kappa shape index (κ1) is 15.0. The third-order valence-corrected chi connectivity index (χ3v) is 3.93. The number of carbonyl (C=O) groups excluding carboxylic acids is 1. The third kappa shape index (κ3) is 5.54. The first-order valence-electron chi connectivity index (χ1n) is 6.09. The van der Waals surface area contributed by atoms with Crippen LogP contribution < -0.4 is 0 Å². The van der Waals surface area contributed by atoms with Crippen LogP contribution in [0.25, 0.3) is 0 Å². The molecule has 1 aromatic rings. The first-order valence-corrected chi connectivity index (χ1v) is 7.58. The molecular formula is C14H19FO2S. The van der Waals surface area contributed by atoms with Crippen molar-refractivity contribution >= 4 is 16.6 Å². The van der Waals surface area contributed by atoms with Crippen molar-refractivity contribution in [3.8, 4) is 0 Å². The summed E-state index contributed by atoms with van der Waals surface area (Å²) in [5.41, 5.74) is 0.378. The molecule has 0 radical (unpaired) electrons. The average molecular weight is 270 g/mol. The highest BCUT2D eigenvalue weighted by Gasteiger charge is 2.11. The molecule has 0 bridgehead atoms. The van der Waals surface area contributed by atoms with Crippen LogP contribution in [0.1, 0.15) is 25.8 Å². The van der Waals surface area contributed by atoms with E-state index in [4.69, 9.17) is 0 Å². The van der Waals surface area contributed by atoms with E-state index in [1.54, 1.807) is 18.2 Å². The quantitative estimate of drug-likeness (QED) is 0.763. The van der Waals surface area contributed by atoms with Gasteiger partial charge in [-0.15, -0.1) is 0 Å². The lowest BCUT2D eigenvalue weighted by Gasteiger charge is -2.05. The van der Waals surface area contributed by atoms with Crippen molar-refractivity contribution in [1.82, 2.24) is 0 Å². The van der Waals surface area contributed by atoms with Crippen LogP contribution in [0.2, 0.25) is 0 Å². The van der Waals surface area contributed by atoms with Crippen molar-refractivity contribution in [2.45, 2.75) is 26.7 Å². The zero-order valence-corrected chi connectivity index (χ0v) is 11.6. The summed E-state index contributed by atoms with van der Waals surface area (Å²) >= 11 is 0. The smallest absolute Gasteiger partial charge is 0.149 e. The van der Waals surface area contributed by atoms with Gasteiger partial charge in [0.1, 0.15) is 11.6 Å². The summed E-state index contributed by atoms with van der Waals surface area (Å²) in [5.74, 6) is 0.512. The lowest BCUT2D eigenvalue weighted by molar-refractivity contribution is -0.116. The van der Waals surface area contributed by atoms with E-state index in [2.05, 4.69) is 13.8 Å². The van der Waals surface area contributed by atoms with Crippen LogP contribution in [0.4, 0.5) is 4.39 Å². The maximum absolute atomic E-state index is 13.3. The zero-order chi connectivity index (χ0) is 13.5. The van der Waals surface area contributed by atoms with Crippen molar-refractivity contribution in [1.29, 1.82) is 0 Å². The Labute approximate surface area is 110 Å². The van der Waals surface area contributed by atoms with Gasteiger partial charge in [0.2, 0.25) is 0 Å². The highest BCUT2D eigenvalue weighted by molar-refractivity contribution is 7.85. The van der Waals surface area contributed by atoms with Gasteiger partial charge in [-0.05, 0) is 24.0 Å². The summed E-state index contributed by atoms with van der Waals surface area (Å²) in [6.07, 6.45) is 0.875. The second kappa shape index (κ2) is 7.41. The second-order valence-corrected chi connectivity index (χ2v) is 6.35. The molecule has 1 unspecified atom stereocenters. The van der Waals surface area contributed by atoms with Crippen LogP contribution in [-0.4, -0.2) is 21.5 Å². The molecule has 0 heterocycles. The molecule has 18 heavy (non-hydrogen) atoms. The average Bonchev–Trinajstić information content (AvgIpc) is 2.29. The summed E-state index contributed by atoms with van der Waals surface area (Å²) in [7, 11) is -1.12. The van der Waals surface area contributed by atoms with Gasteiger partial charge in [0.15, 0.2) is 0 Å². The van der Waals surface area contributed by atoms with Crippen LogP contribution in [-0.2, 0) is 22.0 Å². The van der Waals surface area contributed by atoms with Gasteiger partial charge in [0.05, 0.1) is 5.75 Å². The topological polar surface area (TPSA) is 34.1 Å². The Hall–Kier alpha value is -1.03. The van der Waals surface area contributed by atoms with Crippen LogP contribution >= 0.6 is 0 Å².